The molecule has 2 aliphatic rings. The molecule has 1 aromatic carbocycles. The Morgan fingerprint density at radius 3 is 2.80 bits per heavy atom. The second-order valence-corrected chi connectivity index (χ2v) is 7.12. The maximum atomic E-state index is 12.1. The van der Waals surface area contributed by atoms with Gasteiger partial charge in [0, 0.05) is 44.6 Å². The number of carbonyl (C=O) groups is 1. The van der Waals surface area contributed by atoms with Gasteiger partial charge in [0.25, 0.3) is 0 Å². The molecule has 2 N–H and O–H groups in total. The summed E-state index contributed by atoms with van der Waals surface area (Å²) in [6.45, 7) is 6.42. The fourth-order valence-corrected chi connectivity index (χ4v) is 3.60. The Labute approximate surface area is 167 Å². The third-order valence-electron chi connectivity index (χ3n) is 5.04. The predicted octanol–water partition coefficient (Wildman–Crippen LogP) is 2.37. The summed E-state index contributed by atoms with van der Waals surface area (Å²) >= 11 is 0. The van der Waals surface area contributed by atoms with E-state index in [0.29, 0.717) is 5.92 Å². The molecule has 0 radical (unpaired) electrons. The van der Waals surface area contributed by atoms with Gasteiger partial charge < -0.3 is 15.5 Å². The number of guanidine groups is 1. The van der Waals surface area contributed by atoms with E-state index in [1.165, 1.54) is 11.1 Å². The molecular weight excluding hydrogens is 427 g/mol. The maximum absolute atomic E-state index is 12.1. The van der Waals surface area contributed by atoms with Gasteiger partial charge in [0.05, 0.1) is 0 Å². The van der Waals surface area contributed by atoms with E-state index in [9.17, 15) is 4.79 Å². The van der Waals surface area contributed by atoms with E-state index >= 15 is 0 Å². The van der Waals surface area contributed by atoms with Gasteiger partial charge in [-0.3, -0.25) is 9.79 Å². The monoisotopic (exact) mass is 456 g/mol. The van der Waals surface area contributed by atoms with Crippen molar-refractivity contribution in [3.05, 3.63) is 35.4 Å². The average Bonchev–Trinajstić information content (AvgIpc) is 3.02. The lowest BCUT2D eigenvalue weighted by atomic mass is 9.78. The lowest BCUT2D eigenvalue weighted by molar-refractivity contribution is -0.133. The number of nitrogens with one attached hydrogen (secondary N) is 2. The first-order chi connectivity index (χ1) is 11.6. The standard InChI is InChI=1S/C19H28N4O.HI/c1-13(2)18(24)23-9-8-16(12-23)22-19(20-3)21-11-15-10-14-6-4-5-7-17(14)15;/h4-7,13,15-16H,8-12H2,1-3H3,(H2,20,21,22);1H. The molecule has 2 atom stereocenters. The molecule has 3 rings (SSSR count). The predicted molar refractivity (Wildman–Crippen MR) is 113 cm³/mol. The topological polar surface area (TPSA) is 56.7 Å². The molecule has 2 unspecified atom stereocenters. The molecular formula is C19H29IN4O. The lowest BCUT2D eigenvalue weighted by Gasteiger charge is -2.31. The Morgan fingerprint density at radius 2 is 2.12 bits per heavy atom. The Balaban J connectivity index is 0.00000225. The molecule has 5 nitrogen and oxygen atoms in total. The molecule has 0 saturated carbocycles. The zero-order valence-electron chi connectivity index (χ0n) is 15.3. The van der Waals surface area contributed by atoms with Gasteiger partial charge in [-0.2, -0.15) is 0 Å². The van der Waals surface area contributed by atoms with E-state index in [1.54, 1.807) is 7.05 Å². The quantitative estimate of drug-likeness (QED) is 0.416. The van der Waals surface area contributed by atoms with Crippen molar-refractivity contribution < 1.29 is 4.79 Å². The molecule has 1 aromatic rings. The van der Waals surface area contributed by atoms with Crippen LogP contribution in [0.5, 0.6) is 0 Å². The molecule has 25 heavy (non-hydrogen) atoms. The van der Waals surface area contributed by atoms with Crippen molar-refractivity contribution in [3.63, 3.8) is 0 Å². The summed E-state index contributed by atoms with van der Waals surface area (Å²) in [5, 5.41) is 6.90. The summed E-state index contributed by atoms with van der Waals surface area (Å²) in [6, 6.07) is 8.92. The van der Waals surface area contributed by atoms with E-state index in [4.69, 9.17) is 0 Å². The zero-order chi connectivity index (χ0) is 17.1. The number of hydrogen-bond acceptors (Lipinski definition) is 2. The number of rotatable bonds is 4. The highest BCUT2D eigenvalue weighted by Gasteiger charge is 2.29. The molecule has 0 aromatic heterocycles. The van der Waals surface area contributed by atoms with Crippen molar-refractivity contribution in [3.8, 4) is 0 Å². The van der Waals surface area contributed by atoms with Crippen LogP contribution in [-0.4, -0.2) is 49.5 Å². The molecule has 1 aliphatic carbocycles. The van der Waals surface area contributed by atoms with Crippen LogP contribution in [0.4, 0.5) is 0 Å². The normalized spacial score (nSPS) is 22.1. The first-order valence-corrected chi connectivity index (χ1v) is 8.92. The van der Waals surface area contributed by atoms with Gasteiger partial charge in [-0.1, -0.05) is 38.1 Å². The average molecular weight is 456 g/mol. The zero-order valence-corrected chi connectivity index (χ0v) is 17.6. The highest BCUT2D eigenvalue weighted by atomic mass is 127. The van der Waals surface area contributed by atoms with E-state index in [0.717, 1.165) is 38.4 Å². The smallest absolute Gasteiger partial charge is 0.225 e. The number of benzene rings is 1. The second-order valence-electron chi connectivity index (χ2n) is 7.12. The van der Waals surface area contributed by atoms with Gasteiger partial charge >= 0.3 is 0 Å². The van der Waals surface area contributed by atoms with Crippen LogP contribution in [0.2, 0.25) is 0 Å². The van der Waals surface area contributed by atoms with Crippen molar-refractivity contribution in [1.29, 1.82) is 0 Å². The minimum Gasteiger partial charge on any atom is -0.356 e. The molecule has 6 heteroatoms. The third kappa shape index (κ3) is 4.65. The highest BCUT2D eigenvalue weighted by Crippen LogP contribution is 2.33. The molecule has 0 bridgehead atoms. The van der Waals surface area contributed by atoms with Crippen LogP contribution in [0.15, 0.2) is 29.3 Å². The van der Waals surface area contributed by atoms with E-state index in [1.807, 2.05) is 18.7 Å². The highest BCUT2D eigenvalue weighted by molar-refractivity contribution is 14.0. The fourth-order valence-electron chi connectivity index (χ4n) is 3.60. The number of likely N-dealkylation sites (tertiary alicyclic amines) is 1. The molecule has 138 valence electrons. The molecule has 1 amide bonds. The second kappa shape index (κ2) is 8.87. The maximum Gasteiger partial charge on any atom is 0.225 e. The first kappa shape index (κ1) is 20.0. The van der Waals surface area contributed by atoms with Crippen LogP contribution >= 0.6 is 24.0 Å². The van der Waals surface area contributed by atoms with Gasteiger partial charge in [0.15, 0.2) is 5.96 Å². The minimum absolute atomic E-state index is 0. The van der Waals surface area contributed by atoms with Gasteiger partial charge in [0.2, 0.25) is 5.91 Å². The number of halogens is 1. The summed E-state index contributed by atoms with van der Waals surface area (Å²) in [6.07, 6.45) is 2.12. The van der Waals surface area contributed by atoms with Crippen LogP contribution in [0.1, 0.15) is 37.3 Å². The van der Waals surface area contributed by atoms with Crippen molar-refractivity contribution in [1.82, 2.24) is 15.5 Å². The summed E-state index contributed by atoms with van der Waals surface area (Å²) in [7, 11) is 1.80. The van der Waals surface area contributed by atoms with Crippen LogP contribution < -0.4 is 10.6 Å². The number of amides is 1. The molecule has 1 heterocycles. The molecule has 1 aliphatic heterocycles. The molecule has 1 saturated heterocycles. The molecule has 0 spiro atoms. The van der Waals surface area contributed by atoms with Gasteiger partial charge in [-0.25, -0.2) is 0 Å². The number of aliphatic imine (C=N–C) groups is 1. The van der Waals surface area contributed by atoms with Crippen molar-refractivity contribution in [2.45, 2.75) is 38.6 Å². The van der Waals surface area contributed by atoms with Crippen LogP contribution in [-0.2, 0) is 11.2 Å². The Kier molecular flexibility index (Phi) is 7.10. The van der Waals surface area contributed by atoms with E-state index < -0.39 is 0 Å². The Hall–Kier alpha value is -1.31. The van der Waals surface area contributed by atoms with Crippen molar-refractivity contribution >= 4 is 35.8 Å². The minimum atomic E-state index is 0. The third-order valence-corrected chi connectivity index (χ3v) is 5.04. The number of hydrogen-bond donors (Lipinski definition) is 2. The molecule has 1 fully saturated rings. The summed E-state index contributed by atoms with van der Waals surface area (Å²) in [5.74, 6) is 1.72. The number of carbonyl (C=O) groups excluding carboxylic acids is 1. The number of nitrogens with zero attached hydrogens (tertiary/aromatic N) is 2. The Morgan fingerprint density at radius 1 is 1.36 bits per heavy atom. The van der Waals surface area contributed by atoms with Crippen LogP contribution in [0.3, 0.4) is 0 Å². The van der Waals surface area contributed by atoms with Gasteiger partial charge in [-0.15, -0.1) is 24.0 Å². The largest absolute Gasteiger partial charge is 0.356 e. The number of fused-ring (bicyclic) bond motifs is 1. The summed E-state index contributed by atoms with van der Waals surface area (Å²) in [4.78, 5) is 18.4. The van der Waals surface area contributed by atoms with Gasteiger partial charge in [-0.05, 0) is 24.0 Å². The Bertz CT molecular complexity index is 632. The van der Waals surface area contributed by atoms with Crippen LogP contribution in [0, 0.1) is 5.92 Å². The lowest BCUT2D eigenvalue weighted by Crippen LogP contribution is -2.47. The summed E-state index contributed by atoms with van der Waals surface area (Å²) < 4.78 is 0. The fraction of sp³-hybridized carbons (Fsp3) is 0.579. The summed E-state index contributed by atoms with van der Waals surface area (Å²) in [5.41, 5.74) is 2.92. The van der Waals surface area contributed by atoms with E-state index in [-0.39, 0.29) is 41.8 Å². The van der Waals surface area contributed by atoms with Crippen molar-refractivity contribution in [2.75, 3.05) is 26.7 Å². The van der Waals surface area contributed by atoms with Crippen LogP contribution in [0.25, 0.3) is 0 Å². The SMILES string of the molecule is CN=C(NCC1Cc2ccccc21)NC1CCN(C(=O)C(C)C)C1.I. The van der Waals surface area contributed by atoms with E-state index in [2.05, 4.69) is 39.9 Å². The first-order valence-electron chi connectivity index (χ1n) is 8.92. The van der Waals surface area contributed by atoms with Crippen molar-refractivity contribution in [2.24, 2.45) is 10.9 Å². The van der Waals surface area contributed by atoms with Gasteiger partial charge in [0.1, 0.15) is 0 Å².